The summed E-state index contributed by atoms with van der Waals surface area (Å²) in [4.78, 5) is 24.0. The summed E-state index contributed by atoms with van der Waals surface area (Å²) >= 11 is 4.00. The molecule has 0 fully saturated rings. The van der Waals surface area contributed by atoms with Gasteiger partial charge in [0.2, 0.25) is 5.69 Å². The van der Waals surface area contributed by atoms with Crippen molar-refractivity contribution in [2.45, 2.75) is 94.8 Å². The third-order valence-corrected chi connectivity index (χ3v) is 10.2. The van der Waals surface area contributed by atoms with Crippen molar-refractivity contribution in [1.82, 2.24) is 0 Å². The van der Waals surface area contributed by atoms with Gasteiger partial charge in [0.1, 0.15) is 12.3 Å². The number of carboxylic acid groups (broad SMARTS) is 2. The van der Waals surface area contributed by atoms with E-state index in [1.165, 1.54) is 12.1 Å². The number of nitrogens with zero attached hydrogens (tertiary/aromatic N) is 2. The number of hydrogen-bond donors (Lipinski definition) is 4. The lowest BCUT2D eigenvalue weighted by Gasteiger charge is -2.27. The largest absolute Gasteiger partial charge is 0.481 e. The van der Waals surface area contributed by atoms with Crippen molar-refractivity contribution in [3.63, 3.8) is 0 Å². The molecule has 0 unspecified atom stereocenters. The standard InChI is InChI=1S/C35H44N2O8S2/c1-34(2)26-22-24(45-46)16-18-28(26)36(20-9-5-7-14-32(38)39)30(34)12-11-13-31-35(3,4)27-23-25(47(42,43)44)17-19-29(27)37(31)21-10-6-8-15-33(40)41/h11-13,16-19,22-23H,5-10,14-15,20-21H2,1-4H3,(H3-,38,39,40,41,42,43,44,46)/p+1. The van der Waals surface area contributed by atoms with Crippen molar-refractivity contribution >= 4 is 52.1 Å². The van der Waals surface area contributed by atoms with E-state index in [-0.39, 0.29) is 23.2 Å². The molecule has 2 aromatic rings. The zero-order valence-electron chi connectivity index (χ0n) is 27.4. The number of unbranched alkanes of at least 4 members (excludes halogenated alkanes) is 4. The summed E-state index contributed by atoms with van der Waals surface area (Å²) in [5.74, 6) is -0.970. The Kier molecular flexibility index (Phi) is 11.3. The third-order valence-electron chi connectivity index (χ3n) is 9.18. The predicted octanol–water partition coefficient (Wildman–Crippen LogP) is 7.06. The van der Waals surface area contributed by atoms with Crippen LogP contribution in [-0.4, -0.2) is 58.5 Å². The monoisotopic (exact) mass is 685 g/mol. The molecule has 10 nitrogen and oxygen atoms in total. The fourth-order valence-corrected chi connectivity index (χ4v) is 7.30. The Morgan fingerprint density at radius 3 is 2.17 bits per heavy atom. The lowest BCUT2D eigenvalue weighted by atomic mass is 9.81. The smallest absolute Gasteiger partial charge is 0.303 e. The van der Waals surface area contributed by atoms with Crippen LogP contribution in [0.3, 0.4) is 0 Å². The highest BCUT2D eigenvalue weighted by molar-refractivity contribution is 7.85. The van der Waals surface area contributed by atoms with Gasteiger partial charge in [-0.3, -0.25) is 14.1 Å². The maximum Gasteiger partial charge on any atom is 0.303 e. The number of fused-ring (bicyclic) bond motifs is 2. The average molecular weight is 686 g/mol. The number of carboxylic acids is 2. The van der Waals surface area contributed by atoms with Crippen LogP contribution in [0.5, 0.6) is 5.75 Å². The van der Waals surface area contributed by atoms with Crippen LogP contribution >= 0.6 is 12.9 Å². The highest BCUT2D eigenvalue weighted by Gasteiger charge is 2.45. The molecule has 3 N–H and O–H groups in total. The molecule has 254 valence electrons. The lowest BCUT2D eigenvalue weighted by molar-refractivity contribution is -0.438. The molecule has 0 aromatic heterocycles. The second-order valence-corrected chi connectivity index (χ2v) is 14.8. The minimum absolute atomic E-state index is 0.111. The number of allylic oxidation sites excluding steroid dienone is 4. The van der Waals surface area contributed by atoms with Gasteiger partial charge in [-0.05, 0) is 81.5 Å². The molecule has 12 heteroatoms. The average Bonchev–Trinajstić information content (AvgIpc) is 3.34. The summed E-state index contributed by atoms with van der Waals surface area (Å²) < 4.78 is 41.3. The predicted molar refractivity (Wildman–Crippen MR) is 185 cm³/mol. The Bertz CT molecular complexity index is 1720. The maximum atomic E-state index is 12.0. The van der Waals surface area contributed by atoms with Crippen molar-refractivity contribution < 1.29 is 41.5 Å². The molecule has 0 bridgehead atoms. The molecular weight excluding hydrogens is 641 g/mol. The lowest BCUT2D eigenvalue weighted by Crippen LogP contribution is -2.28. The fourth-order valence-electron chi connectivity index (χ4n) is 6.68. The molecule has 4 rings (SSSR count). The van der Waals surface area contributed by atoms with Gasteiger partial charge in [0.15, 0.2) is 5.71 Å². The summed E-state index contributed by atoms with van der Waals surface area (Å²) in [7, 11) is -4.40. The maximum absolute atomic E-state index is 12.0. The summed E-state index contributed by atoms with van der Waals surface area (Å²) in [5, 5.41) is 18.1. The highest BCUT2D eigenvalue weighted by atomic mass is 32.2. The van der Waals surface area contributed by atoms with Crippen LogP contribution in [0.15, 0.2) is 65.2 Å². The van der Waals surface area contributed by atoms with E-state index in [4.69, 9.17) is 14.4 Å². The first-order valence-corrected chi connectivity index (χ1v) is 17.7. The number of anilines is 1. The van der Waals surface area contributed by atoms with Crippen molar-refractivity contribution in [2.24, 2.45) is 0 Å². The molecule has 0 amide bonds. The first-order valence-electron chi connectivity index (χ1n) is 15.9. The van der Waals surface area contributed by atoms with E-state index in [1.807, 2.05) is 44.2 Å². The SMILES string of the molecule is CC1(C)C(/C=C/C=C2/N(CCCCCC(=O)O)c3ccc(S(=O)(=O)O)cc3C2(C)C)=[N+](CCCCCC(=O)O)c2ccc(OS)cc21. The molecule has 0 spiro atoms. The van der Waals surface area contributed by atoms with Gasteiger partial charge in [-0.15, -0.1) is 0 Å². The van der Waals surface area contributed by atoms with Gasteiger partial charge in [-0.2, -0.15) is 13.0 Å². The van der Waals surface area contributed by atoms with E-state index in [0.717, 1.165) is 59.6 Å². The van der Waals surface area contributed by atoms with E-state index >= 15 is 0 Å². The molecule has 0 atom stereocenters. The number of aliphatic carboxylic acids is 2. The van der Waals surface area contributed by atoms with Crippen molar-refractivity contribution in [3.8, 4) is 5.75 Å². The topological polar surface area (TPSA) is 144 Å². The second-order valence-electron chi connectivity index (χ2n) is 13.2. The van der Waals surface area contributed by atoms with Crippen LogP contribution in [0.2, 0.25) is 0 Å². The first-order chi connectivity index (χ1) is 22.1. The Morgan fingerprint density at radius 1 is 0.894 bits per heavy atom. The van der Waals surface area contributed by atoms with Crippen molar-refractivity contribution in [2.75, 3.05) is 18.0 Å². The van der Waals surface area contributed by atoms with Gasteiger partial charge in [0.25, 0.3) is 10.1 Å². The quantitative estimate of drug-likeness (QED) is 0.0480. The van der Waals surface area contributed by atoms with Crippen LogP contribution in [0, 0.1) is 0 Å². The fraction of sp³-hybridized carbons (Fsp3) is 0.457. The molecule has 0 saturated carbocycles. The molecule has 2 aliphatic heterocycles. The third kappa shape index (κ3) is 8.10. The number of hydrogen-bond acceptors (Lipinski definition) is 7. The normalized spacial score (nSPS) is 17.4. The molecule has 2 heterocycles. The van der Waals surface area contributed by atoms with Gasteiger partial charge in [0.05, 0.1) is 10.3 Å². The van der Waals surface area contributed by atoms with E-state index in [0.29, 0.717) is 31.7 Å². The van der Waals surface area contributed by atoms with Crippen molar-refractivity contribution in [3.05, 3.63) is 71.5 Å². The zero-order valence-corrected chi connectivity index (χ0v) is 29.1. The second kappa shape index (κ2) is 14.7. The molecule has 47 heavy (non-hydrogen) atoms. The summed E-state index contributed by atoms with van der Waals surface area (Å²) in [6.07, 6.45) is 10.7. The van der Waals surface area contributed by atoms with Crippen LogP contribution in [-0.2, 0) is 30.5 Å². The van der Waals surface area contributed by atoms with Gasteiger partial charge in [-0.25, -0.2) is 0 Å². The molecule has 0 aliphatic carbocycles. The minimum Gasteiger partial charge on any atom is -0.481 e. The van der Waals surface area contributed by atoms with Crippen LogP contribution < -0.4 is 9.08 Å². The molecule has 0 radical (unpaired) electrons. The summed E-state index contributed by atoms with van der Waals surface area (Å²) in [5.41, 5.74) is 4.83. The molecule has 0 saturated heterocycles. The summed E-state index contributed by atoms with van der Waals surface area (Å²) in [6, 6.07) is 10.6. The number of rotatable bonds is 16. The highest BCUT2D eigenvalue weighted by Crippen LogP contribution is 2.49. The minimum atomic E-state index is -4.40. The van der Waals surface area contributed by atoms with Gasteiger partial charge >= 0.3 is 11.9 Å². The Labute approximate surface area is 282 Å². The van der Waals surface area contributed by atoms with E-state index < -0.39 is 27.5 Å². The van der Waals surface area contributed by atoms with E-state index in [9.17, 15) is 22.6 Å². The van der Waals surface area contributed by atoms with E-state index in [1.54, 1.807) is 6.07 Å². The van der Waals surface area contributed by atoms with Crippen LogP contribution in [0.1, 0.15) is 90.2 Å². The Hall–Kier alpha value is -3.61. The summed E-state index contributed by atoms with van der Waals surface area (Å²) in [6.45, 7) is 9.68. The molecular formula is C35H45N2O8S2+. The number of benzene rings is 2. The zero-order chi connectivity index (χ0) is 34.6. The molecule has 2 aromatic carbocycles. The van der Waals surface area contributed by atoms with Crippen LogP contribution in [0.25, 0.3) is 0 Å². The van der Waals surface area contributed by atoms with Gasteiger partial charge in [0, 0.05) is 73.2 Å². The molecule has 2 aliphatic rings. The Balaban J connectivity index is 1.71. The van der Waals surface area contributed by atoms with Gasteiger partial charge in [-0.1, -0.05) is 26.3 Å². The van der Waals surface area contributed by atoms with Crippen LogP contribution in [0.4, 0.5) is 11.4 Å². The number of carbonyl (C=O) groups is 2. The number of thiol groups is 1. The first kappa shape index (κ1) is 36.2. The van der Waals surface area contributed by atoms with E-state index in [2.05, 4.69) is 42.3 Å². The van der Waals surface area contributed by atoms with Crippen molar-refractivity contribution in [1.29, 1.82) is 0 Å². The Morgan fingerprint density at radius 2 is 1.55 bits per heavy atom. The van der Waals surface area contributed by atoms with Gasteiger partial charge < -0.3 is 19.3 Å².